The number of aromatic nitrogens is 3. The summed E-state index contributed by atoms with van der Waals surface area (Å²) < 4.78 is 14.7. The Labute approximate surface area is 210 Å². The minimum absolute atomic E-state index is 0.570. The summed E-state index contributed by atoms with van der Waals surface area (Å²) in [6.07, 6.45) is 0. The van der Waals surface area contributed by atoms with Gasteiger partial charge in [-0.2, -0.15) is 4.98 Å². The van der Waals surface area contributed by atoms with Crippen LogP contribution in [0.2, 0.25) is 0 Å². The zero-order valence-corrected chi connectivity index (χ0v) is 19.5. The predicted molar refractivity (Wildman–Crippen MR) is 147 cm³/mol. The van der Waals surface area contributed by atoms with Crippen molar-refractivity contribution in [3.05, 3.63) is 103 Å². The van der Waals surface area contributed by atoms with Crippen molar-refractivity contribution in [1.29, 1.82) is 0 Å². The van der Waals surface area contributed by atoms with Gasteiger partial charge < -0.3 is 9.15 Å². The van der Waals surface area contributed by atoms with Crippen LogP contribution >= 0.6 is 0 Å². The first-order chi connectivity index (χ1) is 18.3. The summed E-state index contributed by atoms with van der Waals surface area (Å²) in [6, 6.07) is 35.1. The van der Waals surface area contributed by atoms with Crippen LogP contribution in [0.5, 0.6) is 11.6 Å². The molecule has 0 N–H and O–H groups in total. The van der Waals surface area contributed by atoms with Gasteiger partial charge in [-0.05, 0) is 30.3 Å². The van der Waals surface area contributed by atoms with Crippen LogP contribution in [0.25, 0.3) is 71.7 Å². The maximum absolute atomic E-state index is 6.34. The lowest BCUT2D eigenvalue weighted by molar-refractivity contribution is 0.466. The Morgan fingerprint density at radius 2 is 1.38 bits per heavy atom. The summed E-state index contributed by atoms with van der Waals surface area (Å²) in [4.78, 5) is 10.1. The first-order valence-corrected chi connectivity index (χ1v) is 12.3. The zero-order valence-electron chi connectivity index (χ0n) is 19.5. The second-order valence-electron chi connectivity index (χ2n) is 9.44. The third-order valence-electron chi connectivity index (χ3n) is 7.43. The second-order valence-corrected chi connectivity index (χ2v) is 9.44. The second kappa shape index (κ2) is 6.74. The molecule has 9 rings (SSSR count). The van der Waals surface area contributed by atoms with Crippen molar-refractivity contribution in [3.63, 3.8) is 0 Å². The molecular formula is C32H17N3O2. The molecule has 0 saturated carbocycles. The molecule has 0 atom stereocenters. The van der Waals surface area contributed by atoms with E-state index >= 15 is 0 Å². The first-order valence-electron chi connectivity index (χ1n) is 12.3. The van der Waals surface area contributed by atoms with Gasteiger partial charge in [0.2, 0.25) is 11.8 Å². The average molecular weight is 476 g/mol. The fourth-order valence-corrected chi connectivity index (χ4v) is 5.82. The van der Waals surface area contributed by atoms with E-state index in [4.69, 9.17) is 19.1 Å². The molecule has 0 amide bonds. The standard InChI is InChI=1S/C32H17N3O2/c1-4-13-25-18(8-1)22-16-23-20-10-3-5-14-27(20)36-29(23)17-26(22)35(25)32-33-24-12-7-11-21-19-9-2-6-15-28(19)37-31(34-32)30(21)24/h1-17H. The molecule has 5 heteroatoms. The van der Waals surface area contributed by atoms with Crippen LogP contribution in [0.15, 0.2) is 108 Å². The number of fused-ring (bicyclic) bond motifs is 8. The Balaban J connectivity index is 1.40. The molecule has 1 aliphatic heterocycles. The molecule has 0 spiro atoms. The Bertz CT molecular complexity index is 2240. The first kappa shape index (κ1) is 19.1. The van der Waals surface area contributed by atoms with Crippen molar-refractivity contribution in [2.75, 3.05) is 0 Å². The zero-order chi connectivity index (χ0) is 24.1. The fourth-order valence-electron chi connectivity index (χ4n) is 5.82. The van der Waals surface area contributed by atoms with Crippen LogP contribution in [-0.2, 0) is 0 Å². The Kier molecular flexibility index (Phi) is 3.47. The van der Waals surface area contributed by atoms with E-state index in [1.165, 1.54) is 0 Å². The van der Waals surface area contributed by atoms with Crippen LogP contribution in [-0.4, -0.2) is 14.5 Å². The summed E-state index contributed by atoms with van der Waals surface area (Å²) in [6.45, 7) is 0. The van der Waals surface area contributed by atoms with Gasteiger partial charge >= 0.3 is 0 Å². The molecule has 0 bridgehead atoms. The highest BCUT2D eigenvalue weighted by Crippen LogP contribution is 2.45. The normalized spacial score (nSPS) is 12.5. The highest BCUT2D eigenvalue weighted by Gasteiger charge is 2.24. The number of para-hydroxylation sites is 3. The van der Waals surface area contributed by atoms with Crippen molar-refractivity contribution in [1.82, 2.24) is 14.5 Å². The predicted octanol–water partition coefficient (Wildman–Crippen LogP) is 8.40. The number of benzene rings is 5. The number of hydrogen-bond donors (Lipinski definition) is 0. The van der Waals surface area contributed by atoms with Crippen molar-refractivity contribution in [2.24, 2.45) is 0 Å². The van der Waals surface area contributed by atoms with Crippen molar-refractivity contribution >= 4 is 54.6 Å². The maximum Gasteiger partial charge on any atom is 0.238 e. The van der Waals surface area contributed by atoms with Gasteiger partial charge in [-0.25, -0.2) is 4.98 Å². The maximum atomic E-state index is 6.34. The lowest BCUT2D eigenvalue weighted by Gasteiger charge is -2.20. The molecule has 0 fully saturated rings. The number of furan rings is 1. The highest BCUT2D eigenvalue weighted by molar-refractivity contribution is 6.17. The Morgan fingerprint density at radius 1 is 0.568 bits per heavy atom. The van der Waals surface area contributed by atoms with E-state index in [1.807, 2.05) is 54.6 Å². The smallest absolute Gasteiger partial charge is 0.238 e. The van der Waals surface area contributed by atoms with Gasteiger partial charge in [-0.3, -0.25) is 4.57 Å². The quantitative estimate of drug-likeness (QED) is 0.239. The van der Waals surface area contributed by atoms with E-state index in [9.17, 15) is 0 Å². The summed E-state index contributed by atoms with van der Waals surface area (Å²) in [5.41, 5.74) is 6.75. The minimum atomic E-state index is 0.570. The van der Waals surface area contributed by atoms with Gasteiger partial charge in [0.05, 0.1) is 21.9 Å². The molecule has 0 unspecified atom stereocenters. The van der Waals surface area contributed by atoms with Gasteiger partial charge in [0, 0.05) is 38.7 Å². The van der Waals surface area contributed by atoms with E-state index in [0.29, 0.717) is 11.8 Å². The van der Waals surface area contributed by atoms with Gasteiger partial charge in [-0.15, -0.1) is 0 Å². The number of nitrogens with zero attached hydrogens (tertiary/aromatic N) is 3. The lowest BCUT2D eigenvalue weighted by atomic mass is 9.98. The van der Waals surface area contributed by atoms with Crippen molar-refractivity contribution in [2.45, 2.75) is 0 Å². The topological polar surface area (TPSA) is 53.1 Å². The van der Waals surface area contributed by atoms with Crippen LogP contribution in [0.1, 0.15) is 0 Å². The molecule has 172 valence electrons. The van der Waals surface area contributed by atoms with E-state index < -0.39 is 0 Å². The Morgan fingerprint density at radius 3 is 2.35 bits per heavy atom. The van der Waals surface area contributed by atoms with E-state index in [0.717, 1.165) is 71.5 Å². The number of hydrogen-bond acceptors (Lipinski definition) is 4. The van der Waals surface area contributed by atoms with Gasteiger partial charge in [0.1, 0.15) is 16.9 Å². The van der Waals surface area contributed by atoms with E-state index in [2.05, 4.69) is 53.1 Å². The molecule has 0 radical (unpaired) electrons. The molecule has 0 aliphatic carbocycles. The molecule has 37 heavy (non-hydrogen) atoms. The van der Waals surface area contributed by atoms with Crippen LogP contribution in [0, 0.1) is 0 Å². The summed E-state index contributed by atoms with van der Waals surface area (Å²) in [7, 11) is 0. The average Bonchev–Trinajstić information content (AvgIpc) is 3.46. The SMILES string of the molecule is c1ccc2c(c1)Oc1nc(-n3c4ccccc4c4cc5c(cc43)oc3ccccc35)nc3cccc-2c13. The molecule has 0 saturated heterocycles. The molecular weight excluding hydrogens is 458 g/mol. The van der Waals surface area contributed by atoms with Gasteiger partial charge in [0.15, 0.2) is 0 Å². The van der Waals surface area contributed by atoms with E-state index in [1.54, 1.807) is 0 Å². The minimum Gasteiger partial charge on any atom is -0.456 e. The monoisotopic (exact) mass is 475 g/mol. The molecule has 3 aromatic heterocycles. The number of ether oxygens (including phenoxy) is 1. The van der Waals surface area contributed by atoms with E-state index in [-0.39, 0.29) is 0 Å². The fraction of sp³-hybridized carbons (Fsp3) is 0. The van der Waals surface area contributed by atoms with Crippen LogP contribution in [0.3, 0.4) is 0 Å². The largest absolute Gasteiger partial charge is 0.456 e. The highest BCUT2D eigenvalue weighted by atomic mass is 16.5. The lowest BCUT2D eigenvalue weighted by Crippen LogP contribution is -2.06. The summed E-state index contributed by atoms with van der Waals surface area (Å²) in [5.74, 6) is 1.95. The van der Waals surface area contributed by atoms with Gasteiger partial charge in [0.25, 0.3) is 0 Å². The summed E-state index contributed by atoms with van der Waals surface area (Å²) in [5, 5.41) is 5.42. The van der Waals surface area contributed by atoms with Gasteiger partial charge in [-0.1, -0.05) is 66.7 Å². The summed E-state index contributed by atoms with van der Waals surface area (Å²) >= 11 is 0. The van der Waals surface area contributed by atoms with Crippen molar-refractivity contribution < 1.29 is 9.15 Å². The molecule has 5 aromatic carbocycles. The molecule has 1 aliphatic rings. The van der Waals surface area contributed by atoms with Crippen LogP contribution < -0.4 is 4.74 Å². The number of rotatable bonds is 1. The van der Waals surface area contributed by atoms with Crippen LogP contribution in [0.4, 0.5) is 0 Å². The molecule has 5 nitrogen and oxygen atoms in total. The third kappa shape index (κ3) is 2.47. The molecule has 8 aromatic rings. The Hall–Kier alpha value is -5.16. The third-order valence-corrected chi connectivity index (χ3v) is 7.43. The molecule has 4 heterocycles. The van der Waals surface area contributed by atoms with Crippen molar-refractivity contribution in [3.8, 4) is 28.7 Å².